The Bertz CT molecular complexity index is 2100. The molecule has 0 atom stereocenters. The van der Waals surface area contributed by atoms with Crippen LogP contribution in [0.15, 0.2) is 97.1 Å². The van der Waals surface area contributed by atoms with Crippen LogP contribution >= 0.6 is 40.7 Å². The number of H-pyrrole nitrogens is 2. The number of fused-ring (bicyclic) bond motifs is 20. The Morgan fingerprint density at radius 3 is 0.841 bits per heavy atom. The van der Waals surface area contributed by atoms with Gasteiger partial charge in [-0.1, -0.05) is 97.1 Å². The molecule has 44 heavy (non-hydrogen) atoms. The summed E-state index contributed by atoms with van der Waals surface area (Å²) < 4.78 is 0. The van der Waals surface area contributed by atoms with Crippen LogP contribution in [0, 0.1) is 0 Å². The first-order valence-corrected chi connectivity index (χ1v) is 30.7. The number of benzene rings is 4. The second kappa shape index (κ2) is 11.3. The van der Waals surface area contributed by atoms with Crippen molar-refractivity contribution in [2.75, 3.05) is 0 Å². The van der Waals surface area contributed by atoms with Gasteiger partial charge in [-0.25, -0.2) is 29.9 Å². The summed E-state index contributed by atoms with van der Waals surface area (Å²) in [6, 6.07) is 32.2. The Balaban J connectivity index is 0.000000684. The maximum absolute atomic E-state index is 5.02. The summed E-state index contributed by atoms with van der Waals surface area (Å²) in [5.74, 6) is 2.39. The number of rotatable bonds is 0. The third kappa shape index (κ3) is 4.90. The first kappa shape index (κ1) is 27.8. The van der Waals surface area contributed by atoms with Gasteiger partial charge in [-0.2, -0.15) is 0 Å². The van der Waals surface area contributed by atoms with E-state index in [-0.39, 0.29) is 0 Å². The van der Waals surface area contributed by atoms with E-state index in [4.69, 9.17) is 29.9 Å². The summed E-state index contributed by atoms with van der Waals surface area (Å²) in [6.45, 7) is 0. The molecule has 0 fully saturated rings. The fourth-order valence-electron chi connectivity index (χ4n) is 5.59. The van der Waals surface area contributed by atoms with Crippen LogP contribution in [-0.4, -0.2) is 50.2 Å². The minimum absolute atomic E-state index is 0.597. The summed E-state index contributed by atoms with van der Waals surface area (Å²) in [6.07, 6.45) is 0. The Morgan fingerprint density at radius 2 is 0.591 bits per heavy atom. The van der Waals surface area contributed by atoms with E-state index in [1.165, 1.54) is 0 Å². The van der Waals surface area contributed by atoms with Crippen LogP contribution < -0.4 is 0 Å². The van der Waals surface area contributed by atoms with Gasteiger partial charge in [-0.15, -0.1) is 0 Å². The predicted octanol–water partition coefficient (Wildman–Crippen LogP) is 9.03. The van der Waals surface area contributed by atoms with E-state index >= 15 is 0 Å². The van der Waals surface area contributed by atoms with Crippen molar-refractivity contribution in [2.24, 2.45) is 0 Å². The molecule has 0 saturated heterocycles. The molecule has 0 radical (unpaired) electrons. The van der Waals surface area contributed by atoms with Gasteiger partial charge in [0.2, 0.25) is 0 Å². The molecule has 9 rings (SSSR count). The zero-order chi connectivity index (χ0) is 29.8. The molecule has 0 spiro atoms. The molecule has 12 heteroatoms. The summed E-state index contributed by atoms with van der Waals surface area (Å²) >= 11 is 9.88. The van der Waals surface area contributed by atoms with Crippen LogP contribution in [0.25, 0.3) is 89.7 Å². The van der Waals surface area contributed by atoms with Crippen LogP contribution in [0.2, 0.25) is 0 Å². The average molecular weight is 824 g/mol. The molecule has 2 aliphatic rings. The molecule has 5 heterocycles. The van der Waals surface area contributed by atoms with E-state index in [9.17, 15) is 0 Å². The van der Waals surface area contributed by atoms with Crippen molar-refractivity contribution in [3.63, 3.8) is 0 Å². The van der Waals surface area contributed by atoms with Crippen LogP contribution in [0.3, 0.4) is 0 Å². The standard InChI is InChI=1S/C32H18N8.3BrH.Ga/c1-2-10-18-17(9-1)25-33-26(18)38-28-21-13-5-6-14-22(21)30(35-28)40-32-24-16-8-7-15-23(24)31(36-32)39-29-20-12-4-3-11-19(20)27(34-29)37-25;;;;/h1-16H,(H2,33,34,35,36,37,38,39,40);3*1H;/q;;;;+3/p-3. The van der Waals surface area contributed by atoms with Crippen molar-refractivity contribution in [3.8, 4) is 45.6 Å². The molecule has 4 aromatic carbocycles. The molecule has 2 N–H and O–H groups in total. The minimum Gasteiger partial charge on any atom is -0.324 e. The smallest absolute Gasteiger partial charge is 0.164 e. The zero-order valence-electron chi connectivity index (χ0n) is 22.6. The molecular formula is C32H18Br3GaN8. The Labute approximate surface area is 275 Å². The van der Waals surface area contributed by atoms with Crippen molar-refractivity contribution in [3.05, 3.63) is 97.1 Å². The minimum atomic E-state index is -1.04. The van der Waals surface area contributed by atoms with Crippen LogP contribution in [-0.2, 0) is 0 Å². The quantitative estimate of drug-likeness (QED) is 0.148. The fourth-order valence-corrected chi connectivity index (χ4v) is 5.59. The largest absolute Gasteiger partial charge is 0.324 e. The van der Waals surface area contributed by atoms with E-state index in [2.05, 4.69) is 50.6 Å². The Morgan fingerprint density at radius 1 is 0.364 bits per heavy atom. The molecule has 2 aliphatic heterocycles. The normalized spacial score (nSPS) is 11.5. The van der Waals surface area contributed by atoms with Crippen LogP contribution in [0.1, 0.15) is 0 Å². The summed E-state index contributed by atoms with van der Waals surface area (Å²) in [5.41, 5.74) is 6.45. The van der Waals surface area contributed by atoms with E-state index in [1.54, 1.807) is 0 Å². The van der Waals surface area contributed by atoms with Gasteiger partial charge < -0.3 is 9.97 Å². The topological polar surface area (TPSA) is 109 Å². The number of nitrogens with zero attached hydrogens (tertiary/aromatic N) is 6. The Kier molecular flexibility index (Phi) is 7.18. The van der Waals surface area contributed by atoms with Gasteiger partial charge in [0.25, 0.3) is 0 Å². The van der Waals surface area contributed by atoms with Gasteiger partial charge >= 0.3 is 51.0 Å². The van der Waals surface area contributed by atoms with Gasteiger partial charge in [0, 0.05) is 43.8 Å². The second-order valence-corrected chi connectivity index (χ2v) is 44.5. The third-order valence-electron chi connectivity index (χ3n) is 7.46. The molecule has 210 valence electrons. The predicted molar refractivity (Wildman–Crippen MR) is 189 cm³/mol. The number of nitrogens with one attached hydrogen (secondary N) is 2. The van der Waals surface area contributed by atoms with Crippen molar-refractivity contribution in [1.29, 1.82) is 0 Å². The fraction of sp³-hybridized carbons (Fsp3) is 0. The number of aromatic amines is 2. The van der Waals surface area contributed by atoms with Crippen molar-refractivity contribution in [1.82, 2.24) is 39.9 Å². The first-order chi connectivity index (χ1) is 21.5. The molecule has 0 amide bonds. The molecule has 8 bridgehead atoms. The molecule has 0 saturated carbocycles. The summed E-state index contributed by atoms with van der Waals surface area (Å²) in [7, 11) is -1.04. The third-order valence-corrected chi connectivity index (χ3v) is 7.46. The van der Waals surface area contributed by atoms with Crippen molar-refractivity contribution >= 4 is 95.1 Å². The summed E-state index contributed by atoms with van der Waals surface area (Å²) in [5, 5.41) is 3.82. The van der Waals surface area contributed by atoms with Gasteiger partial charge in [-0.3, -0.25) is 0 Å². The molecule has 7 aromatic rings. The number of hydrogen-bond donors (Lipinski definition) is 2. The molecule has 0 aliphatic carbocycles. The van der Waals surface area contributed by atoms with Crippen molar-refractivity contribution in [2.45, 2.75) is 0 Å². The Hall–Kier alpha value is -3.68. The van der Waals surface area contributed by atoms with E-state index < -0.39 is 10.3 Å². The molecule has 8 nitrogen and oxygen atoms in total. The molecule has 0 unspecified atom stereocenters. The summed E-state index contributed by atoms with van der Waals surface area (Å²) in [4.78, 5) is 36.8. The second-order valence-electron chi connectivity index (χ2n) is 10.0. The molecule has 3 aromatic heterocycles. The number of aromatic nitrogens is 8. The van der Waals surface area contributed by atoms with E-state index in [0.29, 0.717) is 45.9 Å². The van der Waals surface area contributed by atoms with Gasteiger partial charge in [0.05, 0.1) is 0 Å². The first-order valence-electron chi connectivity index (χ1n) is 13.6. The monoisotopic (exact) mass is 820 g/mol. The van der Waals surface area contributed by atoms with E-state index in [1.807, 2.05) is 97.1 Å². The zero-order valence-corrected chi connectivity index (χ0v) is 29.8. The van der Waals surface area contributed by atoms with Gasteiger partial charge in [0.1, 0.15) is 22.6 Å². The average Bonchev–Trinajstić information content (AvgIpc) is 3.76. The van der Waals surface area contributed by atoms with Crippen LogP contribution in [0.4, 0.5) is 0 Å². The van der Waals surface area contributed by atoms with E-state index in [0.717, 1.165) is 43.8 Å². The van der Waals surface area contributed by atoms with Gasteiger partial charge in [0.15, 0.2) is 23.3 Å². The van der Waals surface area contributed by atoms with Gasteiger partial charge in [-0.05, 0) is 0 Å². The SMILES string of the molecule is [Br][Ga]([Br])[Br].c1ccc2c(c1)-c1nc-2nc2[nH]c(nc3nc(nc4[nH]c(n1)c1ccccc41)-c1ccccc1-3)c1ccccc21. The maximum Gasteiger partial charge on any atom is 0.164 e. The van der Waals surface area contributed by atoms with Crippen LogP contribution in [0.5, 0.6) is 0 Å². The molecular weight excluding hydrogens is 806 g/mol. The van der Waals surface area contributed by atoms with Crippen molar-refractivity contribution < 1.29 is 0 Å². The number of hydrogen-bond acceptors (Lipinski definition) is 6. The maximum atomic E-state index is 5.02. The number of halogens is 3.